The van der Waals surface area contributed by atoms with Crippen LogP contribution in [0, 0.1) is 5.92 Å². The zero-order chi connectivity index (χ0) is 11.8. The molecule has 0 saturated heterocycles. The van der Waals surface area contributed by atoms with Gasteiger partial charge in [0.1, 0.15) is 0 Å². The molecule has 0 heterocycles. The number of nitrogens with one attached hydrogen (secondary N) is 2. The summed E-state index contributed by atoms with van der Waals surface area (Å²) in [5, 5.41) is 14.9. The molecule has 4 nitrogen and oxygen atoms in total. The first-order valence-electron chi connectivity index (χ1n) is 5.64. The summed E-state index contributed by atoms with van der Waals surface area (Å²) in [7, 11) is 0. The Kier molecular flexibility index (Phi) is 7.34. The van der Waals surface area contributed by atoms with Gasteiger partial charge in [0.15, 0.2) is 0 Å². The van der Waals surface area contributed by atoms with E-state index in [4.69, 9.17) is 5.11 Å². The van der Waals surface area contributed by atoms with Gasteiger partial charge in [-0.15, -0.1) is 0 Å². The van der Waals surface area contributed by atoms with Gasteiger partial charge in [0.25, 0.3) is 0 Å². The summed E-state index contributed by atoms with van der Waals surface area (Å²) in [5.41, 5.74) is 0. The Bertz CT molecular complexity index is 185. The van der Waals surface area contributed by atoms with Gasteiger partial charge in [-0.2, -0.15) is 0 Å². The van der Waals surface area contributed by atoms with E-state index in [1.54, 1.807) is 0 Å². The molecular formula is C11H24N2O2. The Morgan fingerprint density at radius 1 is 1.33 bits per heavy atom. The lowest BCUT2D eigenvalue weighted by Gasteiger charge is -2.20. The van der Waals surface area contributed by atoms with Crippen LogP contribution >= 0.6 is 0 Å². The third kappa shape index (κ3) is 6.47. The van der Waals surface area contributed by atoms with Gasteiger partial charge in [-0.1, -0.05) is 13.8 Å². The molecule has 3 unspecified atom stereocenters. The smallest absolute Gasteiger partial charge is 0.234 e. The summed E-state index contributed by atoms with van der Waals surface area (Å²) in [6, 6.07) is 0.377. The number of rotatable bonds is 7. The van der Waals surface area contributed by atoms with Gasteiger partial charge in [-0.3, -0.25) is 4.79 Å². The highest BCUT2D eigenvalue weighted by Gasteiger charge is 2.13. The molecule has 0 aromatic carbocycles. The Balaban J connectivity index is 3.73. The lowest BCUT2D eigenvalue weighted by Crippen LogP contribution is -2.44. The second-order valence-electron chi connectivity index (χ2n) is 4.21. The highest BCUT2D eigenvalue weighted by molar-refractivity contribution is 5.78. The van der Waals surface area contributed by atoms with Crippen molar-refractivity contribution in [2.75, 3.05) is 13.2 Å². The molecule has 4 heteroatoms. The second kappa shape index (κ2) is 7.65. The number of hydrogen-bond donors (Lipinski definition) is 3. The van der Waals surface area contributed by atoms with Crippen molar-refractivity contribution in [1.29, 1.82) is 0 Å². The molecule has 0 spiro atoms. The van der Waals surface area contributed by atoms with Gasteiger partial charge in [-0.25, -0.2) is 0 Å². The molecule has 0 rings (SSSR count). The van der Waals surface area contributed by atoms with Crippen molar-refractivity contribution in [3.05, 3.63) is 0 Å². The molecule has 0 aromatic rings. The van der Waals surface area contributed by atoms with Crippen molar-refractivity contribution < 1.29 is 9.90 Å². The SMILES string of the molecule is CCC(C)NCC(=O)NC(C)C(C)CO. The molecule has 0 saturated carbocycles. The van der Waals surface area contributed by atoms with E-state index in [-0.39, 0.29) is 24.5 Å². The van der Waals surface area contributed by atoms with E-state index in [9.17, 15) is 4.79 Å². The zero-order valence-corrected chi connectivity index (χ0v) is 10.2. The standard InChI is InChI=1S/C11H24N2O2/c1-5-9(3)12-6-11(15)13-10(4)8(2)7-14/h8-10,12,14H,5-7H2,1-4H3,(H,13,15). The molecule has 0 bridgehead atoms. The monoisotopic (exact) mass is 216 g/mol. The Hall–Kier alpha value is -0.610. The lowest BCUT2D eigenvalue weighted by molar-refractivity contribution is -0.121. The summed E-state index contributed by atoms with van der Waals surface area (Å²) in [6.07, 6.45) is 1.01. The third-order valence-corrected chi connectivity index (χ3v) is 2.75. The van der Waals surface area contributed by atoms with Crippen LogP contribution in [-0.4, -0.2) is 36.2 Å². The zero-order valence-electron chi connectivity index (χ0n) is 10.2. The first-order valence-corrected chi connectivity index (χ1v) is 5.64. The van der Waals surface area contributed by atoms with Crippen LogP contribution < -0.4 is 10.6 Å². The van der Waals surface area contributed by atoms with Gasteiger partial charge in [0.05, 0.1) is 6.54 Å². The highest BCUT2D eigenvalue weighted by Crippen LogP contribution is 1.99. The van der Waals surface area contributed by atoms with Crippen molar-refractivity contribution in [2.45, 2.75) is 46.2 Å². The van der Waals surface area contributed by atoms with E-state index >= 15 is 0 Å². The number of carbonyl (C=O) groups is 1. The summed E-state index contributed by atoms with van der Waals surface area (Å²) in [6.45, 7) is 8.38. The van der Waals surface area contributed by atoms with Crippen molar-refractivity contribution in [3.63, 3.8) is 0 Å². The summed E-state index contributed by atoms with van der Waals surface area (Å²) in [4.78, 5) is 11.4. The topological polar surface area (TPSA) is 61.4 Å². The molecular weight excluding hydrogens is 192 g/mol. The predicted molar refractivity (Wildman–Crippen MR) is 61.6 cm³/mol. The van der Waals surface area contributed by atoms with Crippen LogP contribution in [0.15, 0.2) is 0 Å². The fourth-order valence-electron chi connectivity index (χ4n) is 1.02. The number of aliphatic hydroxyl groups excluding tert-OH is 1. The summed E-state index contributed by atoms with van der Waals surface area (Å²) >= 11 is 0. The molecule has 0 radical (unpaired) electrons. The molecule has 0 aliphatic rings. The van der Waals surface area contributed by atoms with Crippen LogP contribution in [0.1, 0.15) is 34.1 Å². The summed E-state index contributed by atoms with van der Waals surface area (Å²) in [5.74, 6) is 0.0839. The average Bonchev–Trinajstić information content (AvgIpc) is 2.24. The molecule has 90 valence electrons. The fraction of sp³-hybridized carbons (Fsp3) is 0.909. The van der Waals surface area contributed by atoms with Crippen LogP contribution in [0.4, 0.5) is 0 Å². The van der Waals surface area contributed by atoms with Crippen LogP contribution in [0.25, 0.3) is 0 Å². The minimum atomic E-state index is -0.0110. The highest BCUT2D eigenvalue weighted by atomic mass is 16.3. The lowest BCUT2D eigenvalue weighted by atomic mass is 10.1. The molecule has 0 aliphatic heterocycles. The van der Waals surface area contributed by atoms with E-state index < -0.39 is 0 Å². The van der Waals surface area contributed by atoms with Gasteiger partial charge in [-0.05, 0) is 26.2 Å². The third-order valence-electron chi connectivity index (χ3n) is 2.75. The molecule has 0 aliphatic carbocycles. The molecule has 0 fully saturated rings. The average molecular weight is 216 g/mol. The number of hydrogen-bond acceptors (Lipinski definition) is 3. The van der Waals surface area contributed by atoms with Crippen LogP contribution in [0.5, 0.6) is 0 Å². The van der Waals surface area contributed by atoms with Crippen molar-refractivity contribution in [3.8, 4) is 0 Å². The summed E-state index contributed by atoms with van der Waals surface area (Å²) < 4.78 is 0. The molecule has 0 aromatic heterocycles. The van der Waals surface area contributed by atoms with E-state index in [1.807, 2.05) is 20.8 Å². The van der Waals surface area contributed by atoms with E-state index in [0.29, 0.717) is 12.6 Å². The van der Waals surface area contributed by atoms with E-state index in [1.165, 1.54) is 0 Å². The predicted octanol–water partition coefficient (Wildman–Crippen LogP) is 0.508. The van der Waals surface area contributed by atoms with Crippen LogP contribution in [0.2, 0.25) is 0 Å². The minimum absolute atomic E-state index is 0.0110. The molecule has 3 atom stereocenters. The molecule has 15 heavy (non-hydrogen) atoms. The maximum Gasteiger partial charge on any atom is 0.234 e. The van der Waals surface area contributed by atoms with Crippen molar-refractivity contribution >= 4 is 5.91 Å². The Labute approximate surface area is 92.4 Å². The quantitative estimate of drug-likeness (QED) is 0.581. The number of amides is 1. The largest absolute Gasteiger partial charge is 0.396 e. The number of carbonyl (C=O) groups excluding carboxylic acids is 1. The van der Waals surface area contributed by atoms with Crippen LogP contribution in [0.3, 0.4) is 0 Å². The van der Waals surface area contributed by atoms with Gasteiger partial charge < -0.3 is 15.7 Å². The van der Waals surface area contributed by atoms with E-state index in [2.05, 4.69) is 17.6 Å². The van der Waals surface area contributed by atoms with Crippen LogP contribution in [-0.2, 0) is 4.79 Å². The normalized spacial score (nSPS) is 16.9. The first kappa shape index (κ1) is 14.4. The van der Waals surface area contributed by atoms with Gasteiger partial charge in [0, 0.05) is 18.7 Å². The minimum Gasteiger partial charge on any atom is -0.396 e. The Morgan fingerprint density at radius 3 is 2.40 bits per heavy atom. The second-order valence-corrected chi connectivity index (χ2v) is 4.21. The molecule has 1 amide bonds. The van der Waals surface area contributed by atoms with Crippen molar-refractivity contribution in [1.82, 2.24) is 10.6 Å². The number of aliphatic hydroxyl groups is 1. The van der Waals surface area contributed by atoms with E-state index in [0.717, 1.165) is 6.42 Å². The Morgan fingerprint density at radius 2 is 1.93 bits per heavy atom. The van der Waals surface area contributed by atoms with Crippen molar-refractivity contribution in [2.24, 2.45) is 5.92 Å². The maximum atomic E-state index is 11.4. The van der Waals surface area contributed by atoms with Gasteiger partial charge in [0.2, 0.25) is 5.91 Å². The fourth-order valence-corrected chi connectivity index (χ4v) is 1.02. The first-order chi connectivity index (χ1) is 7.01. The molecule has 3 N–H and O–H groups in total. The maximum absolute atomic E-state index is 11.4. The van der Waals surface area contributed by atoms with Gasteiger partial charge >= 0.3 is 0 Å².